The molecule has 5 heteroatoms. The topological polar surface area (TPSA) is 50.1 Å². The van der Waals surface area contributed by atoms with Gasteiger partial charge >= 0.3 is 0 Å². The highest BCUT2D eigenvalue weighted by atomic mass is 32.1. The summed E-state index contributed by atoms with van der Waals surface area (Å²) in [7, 11) is 0. The van der Waals surface area contributed by atoms with Gasteiger partial charge in [-0.25, -0.2) is 0 Å². The number of nitrogen functional groups attached to an aromatic ring is 1. The fourth-order valence-electron chi connectivity index (χ4n) is 1.38. The molecule has 2 aromatic rings. The summed E-state index contributed by atoms with van der Waals surface area (Å²) in [4.78, 5) is 0. The Balaban J connectivity index is 2.03. The van der Waals surface area contributed by atoms with Gasteiger partial charge in [0.15, 0.2) is 5.11 Å². The molecule has 0 aliphatic heterocycles. The number of anilines is 3. The Morgan fingerprint density at radius 3 is 2.53 bits per heavy atom. The summed E-state index contributed by atoms with van der Waals surface area (Å²) in [5, 5.41) is 10.9. The number of aryl methyl sites for hydroxylation is 1. The van der Waals surface area contributed by atoms with Crippen molar-refractivity contribution in [3.63, 3.8) is 0 Å². The Kier molecular flexibility index (Phi) is 3.61. The maximum atomic E-state index is 5.82. The number of rotatable bonds is 2. The lowest BCUT2D eigenvalue weighted by Gasteiger charge is -2.11. The van der Waals surface area contributed by atoms with Gasteiger partial charge in [-0.2, -0.15) is 0 Å². The van der Waals surface area contributed by atoms with Crippen LogP contribution in [0.5, 0.6) is 0 Å². The zero-order valence-electron chi connectivity index (χ0n) is 9.36. The van der Waals surface area contributed by atoms with Crippen molar-refractivity contribution >= 4 is 45.7 Å². The van der Waals surface area contributed by atoms with Crippen LogP contribution in [0.1, 0.15) is 5.56 Å². The van der Waals surface area contributed by atoms with Crippen molar-refractivity contribution in [1.29, 1.82) is 0 Å². The van der Waals surface area contributed by atoms with Crippen LogP contribution >= 0.6 is 23.6 Å². The van der Waals surface area contributed by atoms with Crippen LogP contribution in [0.15, 0.2) is 35.0 Å². The number of hydrogen-bond donors (Lipinski definition) is 3. The quantitative estimate of drug-likeness (QED) is 0.574. The van der Waals surface area contributed by atoms with Crippen molar-refractivity contribution in [3.05, 3.63) is 40.6 Å². The van der Waals surface area contributed by atoms with E-state index in [1.54, 1.807) is 11.3 Å². The van der Waals surface area contributed by atoms with E-state index in [2.05, 4.69) is 16.0 Å². The molecule has 0 saturated heterocycles. The normalized spacial score (nSPS) is 9.94. The van der Waals surface area contributed by atoms with Crippen molar-refractivity contribution in [2.45, 2.75) is 6.92 Å². The summed E-state index contributed by atoms with van der Waals surface area (Å²) in [5.74, 6) is 0. The molecule has 0 unspecified atom stereocenters. The molecule has 3 nitrogen and oxygen atoms in total. The second-order valence-electron chi connectivity index (χ2n) is 3.63. The summed E-state index contributed by atoms with van der Waals surface area (Å²) in [6.07, 6.45) is 0. The van der Waals surface area contributed by atoms with Crippen molar-refractivity contribution in [1.82, 2.24) is 0 Å². The van der Waals surface area contributed by atoms with Crippen LogP contribution in [0.4, 0.5) is 17.1 Å². The number of thiocarbonyl (C=S) groups is 1. The highest BCUT2D eigenvalue weighted by Crippen LogP contribution is 2.21. The van der Waals surface area contributed by atoms with Gasteiger partial charge in [-0.3, -0.25) is 0 Å². The summed E-state index contributed by atoms with van der Waals surface area (Å²) in [6.45, 7) is 2.04. The fourth-order valence-corrected chi connectivity index (χ4v) is 2.38. The van der Waals surface area contributed by atoms with Gasteiger partial charge in [0.1, 0.15) is 0 Å². The first-order valence-electron chi connectivity index (χ1n) is 5.12. The number of nitrogens with two attached hydrogens (primary N) is 1. The van der Waals surface area contributed by atoms with E-state index >= 15 is 0 Å². The molecule has 0 saturated carbocycles. The predicted molar refractivity (Wildman–Crippen MR) is 79.8 cm³/mol. The first kappa shape index (κ1) is 11.9. The highest BCUT2D eigenvalue weighted by Gasteiger charge is 2.03. The number of para-hydroxylation sites is 2. The predicted octanol–water partition coefficient (Wildman–Crippen LogP) is 3.45. The van der Waals surface area contributed by atoms with Gasteiger partial charge in [0, 0.05) is 5.38 Å². The molecule has 4 N–H and O–H groups in total. The third-order valence-electron chi connectivity index (χ3n) is 2.31. The summed E-state index contributed by atoms with van der Waals surface area (Å²) >= 11 is 6.87. The monoisotopic (exact) mass is 263 g/mol. The van der Waals surface area contributed by atoms with Gasteiger partial charge in [-0.15, -0.1) is 11.3 Å². The Morgan fingerprint density at radius 2 is 1.88 bits per heavy atom. The van der Waals surface area contributed by atoms with Crippen LogP contribution in [0.3, 0.4) is 0 Å². The Labute approximate surface area is 110 Å². The third-order valence-corrected chi connectivity index (χ3v) is 3.38. The first-order valence-corrected chi connectivity index (χ1v) is 6.47. The van der Waals surface area contributed by atoms with Crippen LogP contribution in [0, 0.1) is 6.92 Å². The lowest BCUT2D eigenvalue weighted by Crippen LogP contribution is -2.19. The maximum absolute atomic E-state index is 5.82. The average molecular weight is 263 g/mol. The molecule has 88 valence electrons. The fraction of sp³-hybridized carbons (Fsp3) is 0.0833. The van der Waals surface area contributed by atoms with Gasteiger partial charge in [0.05, 0.1) is 17.1 Å². The van der Waals surface area contributed by atoms with Crippen molar-refractivity contribution in [2.75, 3.05) is 16.4 Å². The van der Waals surface area contributed by atoms with Crippen molar-refractivity contribution in [3.8, 4) is 0 Å². The Morgan fingerprint density at radius 1 is 1.18 bits per heavy atom. The van der Waals surface area contributed by atoms with Crippen LogP contribution in [-0.4, -0.2) is 5.11 Å². The third kappa shape index (κ3) is 2.95. The van der Waals surface area contributed by atoms with E-state index in [0.29, 0.717) is 10.8 Å². The van der Waals surface area contributed by atoms with Gasteiger partial charge in [0.25, 0.3) is 0 Å². The lowest BCUT2D eigenvalue weighted by molar-refractivity contribution is 1.52. The number of thiophene rings is 1. The van der Waals surface area contributed by atoms with Crippen molar-refractivity contribution in [2.24, 2.45) is 0 Å². The molecular formula is C12H13N3S2. The van der Waals surface area contributed by atoms with Gasteiger partial charge in [-0.05, 0) is 42.2 Å². The molecule has 1 aromatic heterocycles. The molecule has 0 atom stereocenters. The Bertz CT molecular complexity index is 534. The van der Waals surface area contributed by atoms with Gasteiger partial charge in [-0.1, -0.05) is 12.1 Å². The number of hydrogen-bond acceptors (Lipinski definition) is 3. The molecule has 0 radical (unpaired) electrons. The summed E-state index contributed by atoms with van der Waals surface area (Å²) in [5.41, 5.74) is 9.53. The van der Waals surface area contributed by atoms with Gasteiger partial charge < -0.3 is 16.4 Å². The molecule has 0 aliphatic rings. The lowest BCUT2D eigenvalue weighted by atomic mass is 10.3. The largest absolute Gasteiger partial charge is 0.397 e. The van der Waals surface area contributed by atoms with E-state index in [4.69, 9.17) is 18.0 Å². The Hall–Kier alpha value is -1.59. The summed E-state index contributed by atoms with van der Waals surface area (Å²) < 4.78 is 0. The highest BCUT2D eigenvalue weighted by molar-refractivity contribution is 7.80. The molecule has 0 bridgehead atoms. The van der Waals surface area contributed by atoms with Gasteiger partial charge in [0.2, 0.25) is 0 Å². The molecule has 1 aromatic carbocycles. The molecule has 1 heterocycles. The second-order valence-corrected chi connectivity index (χ2v) is 4.79. The van der Waals surface area contributed by atoms with E-state index in [9.17, 15) is 0 Å². The minimum Gasteiger partial charge on any atom is -0.397 e. The minimum atomic E-state index is 0.546. The average Bonchev–Trinajstić information content (AvgIpc) is 2.68. The zero-order valence-corrected chi connectivity index (χ0v) is 11.0. The first-order chi connectivity index (χ1) is 8.16. The SMILES string of the molecule is Cc1cscc1NC(=S)Nc1ccccc1N. The molecule has 0 amide bonds. The van der Waals surface area contributed by atoms with E-state index in [-0.39, 0.29) is 0 Å². The molecule has 2 rings (SSSR count). The van der Waals surface area contributed by atoms with E-state index in [1.165, 1.54) is 5.56 Å². The van der Waals surface area contributed by atoms with Crippen LogP contribution in [0.25, 0.3) is 0 Å². The smallest absolute Gasteiger partial charge is 0.175 e. The molecular weight excluding hydrogens is 250 g/mol. The summed E-state index contributed by atoms with van der Waals surface area (Å²) in [6, 6.07) is 7.53. The second kappa shape index (κ2) is 5.16. The molecule has 0 spiro atoms. The minimum absolute atomic E-state index is 0.546. The number of benzene rings is 1. The van der Waals surface area contributed by atoms with E-state index in [1.807, 2.05) is 36.6 Å². The zero-order chi connectivity index (χ0) is 12.3. The van der Waals surface area contributed by atoms with E-state index in [0.717, 1.165) is 11.4 Å². The van der Waals surface area contributed by atoms with Crippen LogP contribution < -0.4 is 16.4 Å². The molecule has 0 fully saturated rings. The standard InChI is InChI=1S/C12H13N3S2/c1-8-6-17-7-11(8)15-12(16)14-10-5-3-2-4-9(10)13/h2-7H,13H2,1H3,(H2,14,15,16). The van der Waals surface area contributed by atoms with E-state index < -0.39 is 0 Å². The molecule has 17 heavy (non-hydrogen) atoms. The van der Waals surface area contributed by atoms with Crippen LogP contribution in [0.2, 0.25) is 0 Å². The molecule has 0 aliphatic carbocycles. The van der Waals surface area contributed by atoms with Crippen molar-refractivity contribution < 1.29 is 0 Å². The maximum Gasteiger partial charge on any atom is 0.175 e. The van der Waals surface area contributed by atoms with Crippen LogP contribution in [-0.2, 0) is 0 Å². The number of nitrogens with one attached hydrogen (secondary N) is 2.